The lowest BCUT2D eigenvalue weighted by molar-refractivity contribution is -0.114. The van der Waals surface area contributed by atoms with Crippen molar-refractivity contribution in [2.45, 2.75) is 11.8 Å². The van der Waals surface area contributed by atoms with E-state index in [1.54, 1.807) is 0 Å². The normalized spacial score (nSPS) is 11.0. The first kappa shape index (κ1) is 16.6. The Balaban J connectivity index is 2.21. The molecule has 0 heterocycles. The van der Waals surface area contributed by atoms with Gasteiger partial charge in [0.15, 0.2) is 0 Å². The zero-order chi connectivity index (χ0) is 16.3. The zero-order valence-electron chi connectivity index (χ0n) is 11.3. The highest BCUT2D eigenvalue weighted by Gasteiger charge is 2.18. The van der Waals surface area contributed by atoms with Gasteiger partial charge in [-0.1, -0.05) is 23.2 Å². The minimum atomic E-state index is -4.02. The van der Waals surface area contributed by atoms with Crippen LogP contribution in [0.15, 0.2) is 47.4 Å². The summed E-state index contributed by atoms with van der Waals surface area (Å²) in [5, 5.41) is 2.93. The Morgan fingerprint density at radius 1 is 1.05 bits per heavy atom. The van der Waals surface area contributed by atoms with E-state index < -0.39 is 10.1 Å². The van der Waals surface area contributed by atoms with Crippen molar-refractivity contribution in [3.8, 4) is 5.75 Å². The fourth-order valence-corrected chi connectivity index (χ4v) is 2.92. The fourth-order valence-electron chi connectivity index (χ4n) is 1.60. The second-order valence-corrected chi connectivity index (χ2v) is 6.68. The lowest BCUT2D eigenvalue weighted by Crippen LogP contribution is -2.10. The second kappa shape index (κ2) is 6.56. The topological polar surface area (TPSA) is 72.5 Å². The summed E-state index contributed by atoms with van der Waals surface area (Å²) in [4.78, 5) is 10.8. The molecule has 116 valence electrons. The molecule has 0 fully saturated rings. The summed E-state index contributed by atoms with van der Waals surface area (Å²) >= 11 is 11.5. The third-order valence-electron chi connectivity index (χ3n) is 2.56. The minimum Gasteiger partial charge on any atom is -0.379 e. The van der Waals surface area contributed by atoms with E-state index in [2.05, 4.69) is 5.32 Å². The van der Waals surface area contributed by atoms with Gasteiger partial charge in [-0.05, 0) is 42.5 Å². The van der Waals surface area contributed by atoms with Gasteiger partial charge in [0.05, 0.1) is 10.0 Å². The van der Waals surface area contributed by atoms with E-state index in [1.165, 1.54) is 49.4 Å². The van der Waals surface area contributed by atoms with E-state index in [1.807, 2.05) is 0 Å². The van der Waals surface area contributed by atoms with Crippen molar-refractivity contribution in [2.75, 3.05) is 5.32 Å². The molecule has 0 radical (unpaired) electrons. The highest BCUT2D eigenvalue weighted by Crippen LogP contribution is 2.27. The van der Waals surface area contributed by atoms with E-state index in [0.29, 0.717) is 5.69 Å². The smallest absolute Gasteiger partial charge is 0.339 e. The number of hydrogen-bond acceptors (Lipinski definition) is 4. The van der Waals surface area contributed by atoms with Crippen molar-refractivity contribution in [2.24, 2.45) is 0 Å². The molecule has 2 aromatic rings. The molecule has 0 aromatic heterocycles. The molecule has 2 rings (SSSR count). The average Bonchev–Trinajstić information content (AvgIpc) is 2.43. The first-order valence-corrected chi connectivity index (χ1v) is 8.21. The molecule has 8 heteroatoms. The minimum absolute atomic E-state index is 0.104. The van der Waals surface area contributed by atoms with Gasteiger partial charge in [0, 0.05) is 12.6 Å². The van der Waals surface area contributed by atoms with Crippen LogP contribution >= 0.6 is 23.2 Å². The van der Waals surface area contributed by atoms with E-state index >= 15 is 0 Å². The Labute approximate surface area is 137 Å². The Morgan fingerprint density at radius 3 is 2.23 bits per heavy atom. The van der Waals surface area contributed by atoms with Gasteiger partial charge in [-0.15, -0.1) is 0 Å². The maximum Gasteiger partial charge on any atom is 0.339 e. The number of benzene rings is 2. The standard InChI is InChI=1S/C14H11Cl2NO4S/c1-9(18)17-10-2-4-11(5-3-10)21-22(19,20)12-6-7-13(15)14(16)8-12/h2-8H,1H3,(H,17,18). The summed E-state index contributed by atoms with van der Waals surface area (Å²) < 4.78 is 29.3. The van der Waals surface area contributed by atoms with Crippen molar-refractivity contribution in [1.82, 2.24) is 0 Å². The summed E-state index contributed by atoms with van der Waals surface area (Å²) in [6, 6.07) is 9.81. The molecule has 1 amide bonds. The first-order chi connectivity index (χ1) is 10.3. The predicted molar refractivity (Wildman–Crippen MR) is 85.0 cm³/mol. The molecule has 0 atom stereocenters. The number of carbonyl (C=O) groups excluding carboxylic acids is 1. The third kappa shape index (κ3) is 4.13. The summed E-state index contributed by atoms with van der Waals surface area (Å²) in [6.07, 6.45) is 0. The van der Waals surface area contributed by atoms with Gasteiger partial charge in [-0.3, -0.25) is 4.79 Å². The van der Waals surface area contributed by atoms with Crippen molar-refractivity contribution in [3.05, 3.63) is 52.5 Å². The van der Waals surface area contributed by atoms with Gasteiger partial charge in [-0.2, -0.15) is 8.42 Å². The van der Waals surface area contributed by atoms with Crippen LogP contribution in [0.2, 0.25) is 10.0 Å². The molecule has 0 aliphatic rings. The van der Waals surface area contributed by atoms with Crippen LogP contribution in [-0.4, -0.2) is 14.3 Å². The number of halogens is 2. The molecule has 0 spiro atoms. The molecule has 5 nitrogen and oxygen atoms in total. The Hall–Kier alpha value is -1.76. The summed E-state index contributed by atoms with van der Waals surface area (Å²) in [5.41, 5.74) is 0.534. The number of nitrogens with one attached hydrogen (secondary N) is 1. The Kier molecular flexibility index (Phi) is 4.95. The van der Waals surface area contributed by atoms with Crippen LogP contribution < -0.4 is 9.50 Å². The molecule has 0 bridgehead atoms. The first-order valence-electron chi connectivity index (χ1n) is 6.05. The second-order valence-electron chi connectivity index (χ2n) is 4.32. The molecular weight excluding hydrogens is 349 g/mol. The van der Waals surface area contributed by atoms with Gasteiger partial charge < -0.3 is 9.50 Å². The third-order valence-corrected chi connectivity index (χ3v) is 4.54. The summed E-state index contributed by atoms with van der Waals surface area (Å²) in [7, 11) is -4.02. The average molecular weight is 360 g/mol. The van der Waals surface area contributed by atoms with Crippen LogP contribution in [0, 0.1) is 0 Å². The molecule has 0 saturated carbocycles. The number of anilines is 1. The molecule has 22 heavy (non-hydrogen) atoms. The van der Waals surface area contributed by atoms with E-state index in [9.17, 15) is 13.2 Å². The van der Waals surface area contributed by atoms with Gasteiger partial charge >= 0.3 is 10.1 Å². The number of carbonyl (C=O) groups is 1. The molecule has 0 aliphatic heterocycles. The number of amides is 1. The SMILES string of the molecule is CC(=O)Nc1ccc(OS(=O)(=O)c2ccc(Cl)c(Cl)c2)cc1. The predicted octanol–water partition coefficient (Wildman–Crippen LogP) is 3.72. The quantitative estimate of drug-likeness (QED) is 0.844. The lowest BCUT2D eigenvalue weighted by Gasteiger charge is -2.08. The highest BCUT2D eigenvalue weighted by atomic mass is 35.5. The van der Waals surface area contributed by atoms with Gasteiger partial charge in [0.25, 0.3) is 0 Å². The highest BCUT2D eigenvalue weighted by molar-refractivity contribution is 7.87. The van der Waals surface area contributed by atoms with E-state index in [0.717, 1.165) is 0 Å². The summed E-state index contributed by atoms with van der Waals surface area (Å²) in [6.45, 7) is 1.37. The van der Waals surface area contributed by atoms with Gasteiger partial charge in [0.1, 0.15) is 10.6 Å². The van der Waals surface area contributed by atoms with Crippen molar-refractivity contribution < 1.29 is 17.4 Å². The van der Waals surface area contributed by atoms with Crippen LogP contribution in [0.1, 0.15) is 6.92 Å². The monoisotopic (exact) mass is 359 g/mol. The lowest BCUT2D eigenvalue weighted by atomic mass is 10.3. The molecule has 0 unspecified atom stereocenters. The van der Waals surface area contributed by atoms with Gasteiger partial charge in [0.2, 0.25) is 5.91 Å². The Morgan fingerprint density at radius 2 is 1.68 bits per heavy atom. The van der Waals surface area contributed by atoms with Crippen molar-refractivity contribution in [1.29, 1.82) is 0 Å². The van der Waals surface area contributed by atoms with Gasteiger partial charge in [-0.25, -0.2) is 0 Å². The van der Waals surface area contributed by atoms with E-state index in [4.69, 9.17) is 27.4 Å². The molecule has 2 aromatic carbocycles. The number of rotatable bonds is 4. The molecule has 1 N–H and O–H groups in total. The van der Waals surface area contributed by atoms with Crippen LogP contribution in [0.4, 0.5) is 5.69 Å². The molecule has 0 saturated heterocycles. The number of hydrogen-bond donors (Lipinski definition) is 1. The summed E-state index contributed by atoms with van der Waals surface area (Å²) in [5.74, 6) is -0.114. The van der Waals surface area contributed by atoms with E-state index in [-0.39, 0.29) is 26.6 Å². The van der Waals surface area contributed by atoms with Crippen molar-refractivity contribution >= 4 is 44.9 Å². The fraction of sp³-hybridized carbons (Fsp3) is 0.0714. The van der Waals surface area contributed by atoms with Crippen LogP contribution in [0.3, 0.4) is 0 Å². The maximum absolute atomic E-state index is 12.1. The molecule has 0 aliphatic carbocycles. The van der Waals surface area contributed by atoms with Crippen LogP contribution in [0.25, 0.3) is 0 Å². The van der Waals surface area contributed by atoms with Crippen molar-refractivity contribution in [3.63, 3.8) is 0 Å². The Bertz CT molecular complexity index is 804. The maximum atomic E-state index is 12.1. The zero-order valence-corrected chi connectivity index (χ0v) is 13.7. The molecular formula is C14H11Cl2NO4S. The van der Waals surface area contributed by atoms with Crippen LogP contribution in [0.5, 0.6) is 5.75 Å². The van der Waals surface area contributed by atoms with Crippen LogP contribution in [-0.2, 0) is 14.9 Å². The largest absolute Gasteiger partial charge is 0.379 e.